The van der Waals surface area contributed by atoms with Crippen molar-refractivity contribution in [1.29, 1.82) is 0 Å². The van der Waals surface area contributed by atoms with Gasteiger partial charge in [-0.25, -0.2) is 0 Å². The first kappa shape index (κ1) is 12.7. The van der Waals surface area contributed by atoms with Gasteiger partial charge in [0.2, 0.25) is 6.79 Å². The van der Waals surface area contributed by atoms with Crippen molar-refractivity contribution in [3.63, 3.8) is 0 Å². The van der Waals surface area contributed by atoms with E-state index in [9.17, 15) is 4.79 Å². The topological polar surface area (TPSA) is 38.8 Å². The molecule has 0 aliphatic carbocycles. The predicted octanol–water partition coefficient (Wildman–Crippen LogP) is 3.24. The molecule has 0 unspecified atom stereocenters. The predicted molar refractivity (Wildman–Crippen MR) is 80.0 cm³/mol. The molecule has 108 valence electrons. The molecule has 2 aliphatic rings. The summed E-state index contributed by atoms with van der Waals surface area (Å²) >= 11 is 1.78. The molecule has 0 saturated heterocycles. The van der Waals surface area contributed by atoms with Gasteiger partial charge in [-0.1, -0.05) is 0 Å². The molecule has 1 atom stereocenters. The third-order valence-corrected chi connectivity index (χ3v) is 5.15. The van der Waals surface area contributed by atoms with Gasteiger partial charge in [-0.05, 0) is 48.6 Å². The summed E-state index contributed by atoms with van der Waals surface area (Å²) in [7, 11) is 0. The summed E-state index contributed by atoms with van der Waals surface area (Å²) in [5.74, 6) is 1.41. The van der Waals surface area contributed by atoms with E-state index in [4.69, 9.17) is 9.47 Å². The van der Waals surface area contributed by atoms with Crippen molar-refractivity contribution in [2.75, 3.05) is 13.3 Å². The van der Waals surface area contributed by atoms with Crippen LogP contribution in [-0.4, -0.2) is 24.1 Å². The molecule has 1 aromatic heterocycles. The van der Waals surface area contributed by atoms with Gasteiger partial charge >= 0.3 is 0 Å². The lowest BCUT2D eigenvalue weighted by molar-refractivity contribution is 0.0679. The van der Waals surface area contributed by atoms with Crippen molar-refractivity contribution in [2.45, 2.75) is 19.4 Å². The highest BCUT2D eigenvalue weighted by molar-refractivity contribution is 7.10. The minimum Gasteiger partial charge on any atom is -0.454 e. The van der Waals surface area contributed by atoms with E-state index >= 15 is 0 Å². The van der Waals surface area contributed by atoms with E-state index in [1.165, 1.54) is 10.4 Å². The summed E-state index contributed by atoms with van der Waals surface area (Å²) in [6.07, 6.45) is 0.938. The Hall–Kier alpha value is -2.01. The Morgan fingerprint density at radius 1 is 1.29 bits per heavy atom. The number of nitrogens with zero attached hydrogens (tertiary/aromatic N) is 1. The molecule has 0 N–H and O–H groups in total. The zero-order chi connectivity index (χ0) is 14.4. The normalized spacial score (nSPS) is 19.5. The van der Waals surface area contributed by atoms with E-state index in [1.54, 1.807) is 23.5 Å². The number of carbonyl (C=O) groups is 1. The van der Waals surface area contributed by atoms with E-state index in [0.717, 1.165) is 13.0 Å². The molecule has 5 heteroatoms. The molecule has 0 radical (unpaired) electrons. The summed E-state index contributed by atoms with van der Waals surface area (Å²) in [4.78, 5) is 16.1. The molecule has 0 fully saturated rings. The fourth-order valence-corrected chi connectivity index (χ4v) is 3.95. The summed E-state index contributed by atoms with van der Waals surface area (Å²) in [5.41, 5.74) is 1.94. The lowest BCUT2D eigenvalue weighted by atomic mass is 10.0. The average molecular weight is 301 g/mol. The highest BCUT2D eigenvalue weighted by atomic mass is 32.1. The lowest BCUT2D eigenvalue weighted by Crippen LogP contribution is -2.38. The lowest BCUT2D eigenvalue weighted by Gasteiger charge is -2.33. The van der Waals surface area contributed by atoms with Crippen molar-refractivity contribution in [2.24, 2.45) is 0 Å². The Morgan fingerprint density at radius 2 is 2.14 bits per heavy atom. The maximum absolute atomic E-state index is 12.8. The van der Waals surface area contributed by atoms with Crippen LogP contribution in [0.4, 0.5) is 0 Å². The fourth-order valence-electron chi connectivity index (χ4n) is 2.98. The Morgan fingerprint density at radius 3 is 3.05 bits per heavy atom. The molecule has 3 heterocycles. The van der Waals surface area contributed by atoms with Crippen LogP contribution in [0.15, 0.2) is 29.6 Å². The van der Waals surface area contributed by atoms with Crippen LogP contribution in [0.25, 0.3) is 0 Å². The monoisotopic (exact) mass is 301 g/mol. The molecule has 2 aliphatic heterocycles. The van der Waals surface area contributed by atoms with E-state index in [0.29, 0.717) is 17.1 Å². The fraction of sp³-hybridized carbons (Fsp3) is 0.312. The Bertz CT molecular complexity index is 709. The molecule has 0 bridgehead atoms. The van der Waals surface area contributed by atoms with Crippen LogP contribution in [0, 0.1) is 0 Å². The van der Waals surface area contributed by atoms with Gasteiger partial charge < -0.3 is 14.4 Å². The second-order valence-electron chi connectivity index (χ2n) is 5.29. The SMILES string of the molecule is C[C@H]1c2ccsc2CCN1C(=O)c1ccc2c(c1)OCO2. The van der Waals surface area contributed by atoms with Crippen LogP contribution < -0.4 is 9.47 Å². The minimum atomic E-state index is 0.0534. The van der Waals surface area contributed by atoms with Gasteiger partial charge in [-0.3, -0.25) is 4.79 Å². The zero-order valence-corrected chi connectivity index (χ0v) is 12.5. The van der Waals surface area contributed by atoms with E-state index in [-0.39, 0.29) is 18.7 Å². The van der Waals surface area contributed by atoms with Gasteiger partial charge in [0.25, 0.3) is 5.91 Å². The number of rotatable bonds is 1. The smallest absolute Gasteiger partial charge is 0.254 e. The number of carbonyl (C=O) groups excluding carboxylic acids is 1. The van der Waals surface area contributed by atoms with Gasteiger partial charge in [0, 0.05) is 17.0 Å². The van der Waals surface area contributed by atoms with Crippen molar-refractivity contribution < 1.29 is 14.3 Å². The van der Waals surface area contributed by atoms with Gasteiger partial charge in [0.15, 0.2) is 11.5 Å². The maximum Gasteiger partial charge on any atom is 0.254 e. The summed E-state index contributed by atoms with van der Waals surface area (Å²) in [5, 5.41) is 2.11. The van der Waals surface area contributed by atoms with E-state index in [1.807, 2.05) is 11.0 Å². The van der Waals surface area contributed by atoms with E-state index < -0.39 is 0 Å². The zero-order valence-electron chi connectivity index (χ0n) is 11.7. The standard InChI is InChI=1S/C16H15NO3S/c1-10-12-5-7-21-15(12)4-6-17(10)16(18)11-2-3-13-14(8-11)20-9-19-13/h2-3,5,7-8,10H,4,6,9H2,1H3/t10-/m0/s1. The Kier molecular flexibility index (Phi) is 2.89. The highest BCUT2D eigenvalue weighted by Gasteiger charge is 2.29. The van der Waals surface area contributed by atoms with Crippen LogP contribution in [0.2, 0.25) is 0 Å². The third kappa shape index (κ3) is 2.00. The molecule has 4 rings (SSSR count). The van der Waals surface area contributed by atoms with Crippen molar-refractivity contribution in [3.8, 4) is 11.5 Å². The van der Waals surface area contributed by atoms with Gasteiger partial charge in [-0.15, -0.1) is 11.3 Å². The largest absolute Gasteiger partial charge is 0.454 e. The number of thiophene rings is 1. The van der Waals surface area contributed by atoms with Crippen molar-refractivity contribution in [1.82, 2.24) is 4.90 Å². The molecular formula is C16H15NO3S. The molecule has 2 aromatic rings. The van der Waals surface area contributed by atoms with Crippen LogP contribution in [0.3, 0.4) is 0 Å². The molecule has 0 spiro atoms. The number of ether oxygens (including phenoxy) is 2. The average Bonchev–Trinajstić information content (AvgIpc) is 3.15. The van der Waals surface area contributed by atoms with Gasteiger partial charge in [0.1, 0.15) is 0 Å². The maximum atomic E-state index is 12.8. The summed E-state index contributed by atoms with van der Waals surface area (Å²) in [6.45, 7) is 3.09. The van der Waals surface area contributed by atoms with Crippen LogP contribution in [0.5, 0.6) is 11.5 Å². The van der Waals surface area contributed by atoms with Crippen molar-refractivity contribution >= 4 is 17.2 Å². The molecule has 21 heavy (non-hydrogen) atoms. The van der Waals surface area contributed by atoms with Gasteiger partial charge in [-0.2, -0.15) is 0 Å². The Labute approximate surface area is 126 Å². The van der Waals surface area contributed by atoms with Crippen molar-refractivity contribution in [3.05, 3.63) is 45.6 Å². The van der Waals surface area contributed by atoms with Gasteiger partial charge in [0.05, 0.1) is 6.04 Å². The summed E-state index contributed by atoms with van der Waals surface area (Å²) < 4.78 is 10.6. The second-order valence-corrected chi connectivity index (χ2v) is 6.29. The number of hydrogen-bond acceptors (Lipinski definition) is 4. The first-order valence-electron chi connectivity index (χ1n) is 7.01. The Balaban J connectivity index is 1.63. The number of fused-ring (bicyclic) bond motifs is 2. The molecular weight excluding hydrogens is 286 g/mol. The highest BCUT2D eigenvalue weighted by Crippen LogP contribution is 2.36. The number of benzene rings is 1. The first-order valence-corrected chi connectivity index (χ1v) is 7.89. The molecule has 1 amide bonds. The molecule has 4 nitrogen and oxygen atoms in total. The summed E-state index contributed by atoms with van der Waals surface area (Å²) in [6, 6.07) is 7.65. The van der Waals surface area contributed by atoms with E-state index in [2.05, 4.69) is 18.4 Å². The molecule has 0 saturated carbocycles. The van der Waals surface area contributed by atoms with Crippen LogP contribution >= 0.6 is 11.3 Å². The minimum absolute atomic E-state index is 0.0534. The first-order chi connectivity index (χ1) is 10.2. The second kappa shape index (κ2) is 4.77. The number of hydrogen-bond donors (Lipinski definition) is 0. The quantitative estimate of drug-likeness (QED) is 0.811. The van der Waals surface area contributed by atoms with Crippen LogP contribution in [-0.2, 0) is 6.42 Å². The third-order valence-electron chi connectivity index (χ3n) is 4.16. The molecule has 1 aromatic carbocycles. The van der Waals surface area contributed by atoms with Crippen LogP contribution in [0.1, 0.15) is 33.8 Å². The number of amides is 1.